The van der Waals surface area contributed by atoms with Gasteiger partial charge in [-0.2, -0.15) is 0 Å². The van der Waals surface area contributed by atoms with Crippen molar-refractivity contribution in [2.45, 2.75) is 45.3 Å². The molecule has 1 N–H and O–H groups in total. The van der Waals surface area contributed by atoms with E-state index in [1.807, 2.05) is 38.1 Å². The lowest BCUT2D eigenvalue weighted by Crippen LogP contribution is -2.49. The van der Waals surface area contributed by atoms with Crippen LogP contribution in [0.2, 0.25) is 0 Å². The van der Waals surface area contributed by atoms with Crippen LogP contribution in [-0.2, 0) is 19.7 Å². The van der Waals surface area contributed by atoms with Crippen LogP contribution in [0.4, 0.5) is 14.9 Å². The molecule has 0 spiro atoms. The van der Waals surface area contributed by atoms with E-state index in [4.69, 9.17) is 9.47 Å². The number of ether oxygens (including phenoxy) is 2. The Morgan fingerprint density at radius 2 is 1.81 bits per heavy atom. The molecular formula is C28H36FN3O4. The second kappa shape index (κ2) is 10.9. The molecule has 7 nitrogen and oxygen atoms in total. The Morgan fingerprint density at radius 1 is 1.11 bits per heavy atom. The smallest absolute Gasteiger partial charge is 0.408 e. The molecule has 2 aromatic carbocycles. The molecule has 1 fully saturated rings. The lowest BCUT2D eigenvalue weighted by atomic mass is 9.87. The highest BCUT2D eigenvalue weighted by atomic mass is 19.1. The number of carbonyl (C=O) groups is 2. The molecule has 0 radical (unpaired) electrons. The van der Waals surface area contributed by atoms with E-state index < -0.39 is 12.2 Å². The topological polar surface area (TPSA) is 71.1 Å². The van der Waals surface area contributed by atoms with Gasteiger partial charge in [0.05, 0.1) is 19.3 Å². The van der Waals surface area contributed by atoms with Gasteiger partial charge in [0.15, 0.2) is 0 Å². The minimum atomic E-state index is -1.04. The van der Waals surface area contributed by atoms with Crippen molar-refractivity contribution in [1.82, 2.24) is 10.2 Å². The fourth-order valence-electron chi connectivity index (χ4n) is 4.93. The van der Waals surface area contributed by atoms with Gasteiger partial charge in [-0.1, -0.05) is 58.0 Å². The van der Waals surface area contributed by atoms with Gasteiger partial charge >= 0.3 is 6.09 Å². The van der Waals surface area contributed by atoms with Crippen LogP contribution in [-0.4, -0.2) is 62.3 Å². The molecular weight excluding hydrogens is 461 g/mol. The van der Waals surface area contributed by atoms with Crippen LogP contribution in [0.5, 0.6) is 0 Å². The van der Waals surface area contributed by atoms with Crippen LogP contribution >= 0.6 is 0 Å². The fourth-order valence-corrected chi connectivity index (χ4v) is 4.93. The summed E-state index contributed by atoms with van der Waals surface area (Å²) in [4.78, 5) is 30.3. The molecule has 2 atom stereocenters. The van der Waals surface area contributed by atoms with Gasteiger partial charge in [-0.05, 0) is 29.7 Å². The molecule has 8 heteroatoms. The third-order valence-corrected chi connectivity index (χ3v) is 7.01. The highest BCUT2D eigenvalue weighted by molar-refractivity contribution is 5.85. The lowest BCUT2D eigenvalue weighted by molar-refractivity contribution is -0.144. The van der Waals surface area contributed by atoms with E-state index >= 15 is 0 Å². The van der Waals surface area contributed by atoms with Gasteiger partial charge < -0.3 is 24.6 Å². The Labute approximate surface area is 212 Å². The number of hydrogen-bond donors (Lipinski definition) is 1. The van der Waals surface area contributed by atoms with Crippen molar-refractivity contribution in [3.63, 3.8) is 0 Å². The van der Waals surface area contributed by atoms with Gasteiger partial charge in [0.25, 0.3) is 5.91 Å². The molecule has 2 aromatic rings. The summed E-state index contributed by atoms with van der Waals surface area (Å²) in [5, 5.41) is 3.00. The van der Waals surface area contributed by atoms with Crippen molar-refractivity contribution >= 4 is 17.7 Å². The van der Waals surface area contributed by atoms with Gasteiger partial charge in [-0.15, -0.1) is 0 Å². The molecule has 0 unspecified atom stereocenters. The van der Waals surface area contributed by atoms with Crippen molar-refractivity contribution in [3.05, 3.63) is 65.5 Å². The number of benzene rings is 2. The quantitative estimate of drug-likeness (QED) is 0.619. The Bertz CT molecular complexity index is 1070. The summed E-state index contributed by atoms with van der Waals surface area (Å²) in [6.45, 7) is 11.4. The summed E-state index contributed by atoms with van der Waals surface area (Å²) < 4.78 is 25.1. The molecule has 0 bridgehead atoms. The summed E-state index contributed by atoms with van der Waals surface area (Å²) in [6, 6.07) is 13.7. The maximum absolute atomic E-state index is 13.9. The molecule has 2 heterocycles. The monoisotopic (exact) mass is 497 g/mol. The molecule has 2 aliphatic heterocycles. The molecule has 194 valence electrons. The highest BCUT2D eigenvalue weighted by Gasteiger charge is 2.37. The predicted molar refractivity (Wildman–Crippen MR) is 136 cm³/mol. The summed E-state index contributed by atoms with van der Waals surface area (Å²) in [6.07, 6.45) is -1.67. The summed E-state index contributed by atoms with van der Waals surface area (Å²) >= 11 is 0. The second-order valence-corrected chi connectivity index (χ2v) is 10.6. The second-order valence-electron chi connectivity index (χ2n) is 10.6. The maximum Gasteiger partial charge on any atom is 0.408 e. The number of amides is 2. The first kappa shape index (κ1) is 25.9. The normalized spacial score (nSPS) is 18.5. The van der Waals surface area contributed by atoms with Gasteiger partial charge in [0.1, 0.15) is 5.82 Å². The van der Waals surface area contributed by atoms with Crippen LogP contribution in [0, 0.1) is 11.7 Å². The van der Waals surface area contributed by atoms with Crippen LogP contribution in [0.25, 0.3) is 0 Å². The van der Waals surface area contributed by atoms with Gasteiger partial charge in [0.2, 0.25) is 6.10 Å². The van der Waals surface area contributed by atoms with E-state index in [2.05, 4.69) is 24.1 Å². The van der Waals surface area contributed by atoms with Gasteiger partial charge in [0, 0.05) is 42.8 Å². The Balaban J connectivity index is 1.48. The molecule has 36 heavy (non-hydrogen) atoms. The van der Waals surface area contributed by atoms with Crippen molar-refractivity contribution in [1.29, 1.82) is 0 Å². The fraction of sp³-hybridized carbons (Fsp3) is 0.500. The largest absolute Gasteiger partial charge is 0.431 e. The first-order valence-corrected chi connectivity index (χ1v) is 12.6. The van der Waals surface area contributed by atoms with E-state index in [0.717, 1.165) is 11.3 Å². The zero-order chi connectivity index (χ0) is 25.9. The molecule has 2 aliphatic rings. The third kappa shape index (κ3) is 5.81. The van der Waals surface area contributed by atoms with E-state index in [-0.39, 0.29) is 29.1 Å². The molecule has 0 aromatic heterocycles. The van der Waals surface area contributed by atoms with E-state index in [9.17, 15) is 14.0 Å². The number of alkyl carbamates (subject to hydrolysis) is 1. The van der Waals surface area contributed by atoms with Crippen LogP contribution in [0.3, 0.4) is 0 Å². The number of fused-ring (bicyclic) bond motifs is 1. The average molecular weight is 498 g/mol. The first-order chi connectivity index (χ1) is 17.2. The number of halogens is 1. The lowest BCUT2D eigenvalue weighted by Gasteiger charge is -2.32. The highest BCUT2D eigenvalue weighted by Crippen LogP contribution is 2.41. The molecule has 1 saturated heterocycles. The Morgan fingerprint density at radius 3 is 2.47 bits per heavy atom. The van der Waals surface area contributed by atoms with E-state index in [1.165, 1.54) is 6.07 Å². The first-order valence-electron chi connectivity index (χ1n) is 12.6. The van der Waals surface area contributed by atoms with Crippen LogP contribution in [0.1, 0.15) is 44.9 Å². The Kier molecular flexibility index (Phi) is 7.83. The van der Waals surface area contributed by atoms with E-state index in [1.54, 1.807) is 23.1 Å². The van der Waals surface area contributed by atoms with Crippen molar-refractivity contribution < 1.29 is 23.5 Å². The zero-order valence-electron chi connectivity index (χ0n) is 21.5. The number of anilines is 1. The zero-order valence-corrected chi connectivity index (χ0v) is 21.5. The van der Waals surface area contributed by atoms with Gasteiger partial charge in [-0.25, -0.2) is 9.18 Å². The minimum absolute atomic E-state index is 0.107. The van der Waals surface area contributed by atoms with Crippen LogP contribution < -0.4 is 10.2 Å². The number of hydrogen-bond acceptors (Lipinski definition) is 5. The Hall–Kier alpha value is -3.13. The van der Waals surface area contributed by atoms with Crippen molar-refractivity contribution in [3.8, 4) is 0 Å². The third-order valence-electron chi connectivity index (χ3n) is 7.01. The number of nitrogens with one attached hydrogen (secondary N) is 1. The summed E-state index contributed by atoms with van der Waals surface area (Å²) in [5.74, 6) is -0.393. The SMILES string of the molecule is CC(C)[C@@H](CN1CC(C)(C)c2cc(F)ccc21)NC(=O)O[C@@H](C(=O)N1CCOCC1)c1ccccc1. The maximum atomic E-state index is 13.9. The molecule has 2 amide bonds. The minimum Gasteiger partial charge on any atom is -0.431 e. The van der Waals surface area contributed by atoms with Crippen molar-refractivity contribution in [2.75, 3.05) is 44.3 Å². The van der Waals surface area contributed by atoms with Crippen molar-refractivity contribution in [2.24, 2.45) is 5.92 Å². The molecule has 0 saturated carbocycles. The molecule has 0 aliphatic carbocycles. The van der Waals surface area contributed by atoms with E-state index in [0.29, 0.717) is 45.0 Å². The molecule has 4 rings (SSSR count). The number of rotatable bonds is 7. The standard InChI is InChI=1S/C28H36FN3O4/c1-19(2)23(17-32-18-28(3,4)22-16-21(29)10-11-24(22)32)30-27(34)36-25(20-8-6-5-7-9-20)26(33)31-12-14-35-15-13-31/h5-11,16,19,23,25H,12-15,17-18H2,1-4H3,(H,30,34)/t23-,25-/m1/s1. The number of nitrogens with zero attached hydrogens (tertiary/aromatic N) is 2. The van der Waals surface area contributed by atoms with Crippen LogP contribution in [0.15, 0.2) is 48.5 Å². The summed E-state index contributed by atoms with van der Waals surface area (Å²) in [5.41, 5.74) is 2.37. The number of morpholine rings is 1. The number of carbonyl (C=O) groups excluding carboxylic acids is 2. The average Bonchev–Trinajstić information content (AvgIpc) is 3.11. The summed E-state index contributed by atoms with van der Waals surface area (Å²) in [7, 11) is 0. The van der Waals surface area contributed by atoms with Gasteiger partial charge in [-0.3, -0.25) is 4.79 Å². The predicted octanol–water partition coefficient (Wildman–Crippen LogP) is 4.27.